The predicted molar refractivity (Wildman–Crippen MR) is 58.4 cm³/mol. The Labute approximate surface area is 90.5 Å². The SMILES string of the molecule is CCC(Sc1nc(N)cc(=O)[nH]1)C(N)=O. The Kier molecular flexibility index (Phi) is 3.73. The van der Waals surface area contributed by atoms with Crippen molar-refractivity contribution >= 4 is 23.5 Å². The van der Waals surface area contributed by atoms with Gasteiger partial charge in [-0.1, -0.05) is 18.7 Å². The van der Waals surface area contributed by atoms with Crippen LogP contribution in [0.4, 0.5) is 5.82 Å². The number of H-pyrrole nitrogens is 1. The molecule has 0 aliphatic heterocycles. The van der Waals surface area contributed by atoms with Gasteiger partial charge >= 0.3 is 0 Å². The van der Waals surface area contributed by atoms with Gasteiger partial charge < -0.3 is 16.5 Å². The van der Waals surface area contributed by atoms with Gasteiger partial charge in [0.2, 0.25) is 5.91 Å². The largest absolute Gasteiger partial charge is 0.383 e. The van der Waals surface area contributed by atoms with Gasteiger partial charge in [0, 0.05) is 6.07 Å². The van der Waals surface area contributed by atoms with E-state index < -0.39 is 11.2 Å². The van der Waals surface area contributed by atoms with Gasteiger partial charge in [0.1, 0.15) is 5.82 Å². The molecule has 5 N–H and O–H groups in total. The van der Waals surface area contributed by atoms with Gasteiger partial charge in [0.15, 0.2) is 5.16 Å². The van der Waals surface area contributed by atoms with Crippen molar-refractivity contribution in [1.82, 2.24) is 9.97 Å². The number of anilines is 1. The van der Waals surface area contributed by atoms with Crippen molar-refractivity contribution in [3.63, 3.8) is 0 Å². The van der Waals surface area contributed by atoms with Crippen molar-refractivity contribution < 1.29 is 4.79 Å². The number of aromatic amines is 1. The van der Waals surface area contributed by atoms with Crippen LogP contribution in [-0.4, -0.2) is 21.1 Å². The minimum absolute atomic E-state index is 0.126. The number of nitrogens with zero attached hydrogens (tertiary/aromatic N) is 1. The number of carbonyl (C=O) groups excluding carboxylic acids is 1. The monoisotopic (exact) mass is 228 g/mol. The van der Waals surface area contributed by atoms with Crippen LogP contribution in [0.2, 0.25) is 0 Å². The van der Waals surface area contributed by atoms with E-state index in [1.165, 1.54) is 6.07 Å². The van der Waals surface area contributed by atoms with Crippen molar-refractivity contribution in [1.29, 1.82) is 0 Å². The fourth-order valence-electron chi connectivity index (χ4n) is 0.986. The summed E-state index contributed by atoms with van der Waals surface area (Å²) in [6.45, 7) is 1.83. The molecule has 0 saturated carbocycles. The zero-order valence-electron chi connectivity index (χ0n) is 8.19. The summed E-state index contributed by atoms with van der Waals surface area (Å²) in [5, 5.41) is -0.0967. The van der Waals surface area contributed by atoms with E-state index in [9.17, 15) is 9.59 Å². The summed E-state index contributed by atoms with van der Waals surface area (Å²) in [5.74, 6) is -0.312. The van der Waals surface area contributed by atoms with Crippen molar-refractivity contribution in [2.45, 2.75) is 23.8 Å². The highest BCUT2D eigenvalue weighted by molar-refractivity contribution is 8.00. The molecular formula is C8H12N4O2S. The smallest absolute Gasteiger partial charge is 0.253 e. The molecule has 1 aromatic heterocycles. The molecule has 0 aromatic carbocycles. The fraction of sp³-hybridized carbons (Fsp3) is 0.375. The molecule has 0 aliphatic rings. The van der Waals surface area contributed by atoms with E-state index >= 15 is 0 Å². The number of nitrogen functional groups attached to an aromatic ring is 1. The van der Waals surface area contributed by atoms with Gasteiger partial charge in [0.05, 0.1) is 5.25 Å². The minimum Gasteiger partial charge on any atom is -0.383 e. The molecule has 0 saturated heterocycles. The second-order valence-corrected chi connectivity index (χ2v) is 4.08. The lowest BCUT2D eigenvalue weighted by Crippen LogP contribution is -2.25. The molecule has 0 spiro atoms. The second-order valence-electron chi connectivity index (χ2n) is 2.89. The molecule has 1 unspecified atom stereocenters. The molecule has 1 aromatic rings. The summed E-state index contributed by atoms with van der Waals surface area (Å²) in [6.07, 6.45) is 0.568. The standard InChI is InChI=1S/C8H12N4O2S/c1-2-4(7(10)14)15-8-11-5(9)3-6(13)12-8/h3-4H,2H2,1H3,(H2,10,14)(H3,9,11,12,13). The molecule has 6 nitrogen and oxygen atoms in total. The summed E-state index contributed by atoms with van der Waals surface area (Å²) in [6, 6.07) is 1.18. The summed E-state index contributed by atoms with van der Waals surface area (Å²) in [7, 11) is 0. The highest BCUT2D eigenvalue weighted by atomic mass is 32.2. The number of aromatic nitrogens is 2. The van der Waals surface area contributed by atoms with Crippen LogP contribution in [-0.2, 0) is 4.79 Å². The molecule has 0 aliphatic carbocycles. The lowest BCUT2D eigenvalue weighted by molar-refractivity contribution is -0.117. The maximum atomic E-state index is 11.0. The normalized spacial score (nSPS) is 12.3. The van der Waals surface area contributed by atoms with Gasteiger partial charge in [-0.25, -0.2) is 4.98 Å². The Bertz CT molecular complexity index is 417. The molecule has 0 radical (unpaired) electrons. The Balaban J connectivity index is 2.88. The molecule has 1 atom stereocenters. The van der Waals surface area contributed by atoms with Crippen LogP contribution in [0.25, 0.3) is 0 Å². The molecule has 1 rings (SSSR count). The van der Waals surface area contributed by atoms with Crippen LogP contribution in [0, 0.1) is 0 Å². The zero-order valence-corrected chi connectivity index (χ0v) is 9.00. The average Bonchev–Trinajstić information content (AvgIpc) is 2.12. The van der Waals surface area contributed by atoms with Crippen LogP contribution < -0.4 is 17.0 Å². The van der Waals surface area contributed by atoms with E-state index in [0.717, 1.165) is 11.8 Å². The Morgan fingerprint density at radius 2 is 2.40 bits per heavy atom. The van der Waals surface area contributed by atoms with Crippen LogP contribution in [0.15, 0.2) is 16.0 Å². The second kappa shape index (κ2) is 4.83. The highest BCUT2D eigenvalue weighted by Crippen LogP contribution is 2.20. The summed E-state index contributed by atoms with van der Waals surface area (Å²) in [5.41, 5.74) is 10.2. The van der Waals surface area contributed by atoms with Gasteiger partial charge in [-0.3, -0.25) is 9.59 Å². The van der Waals surface area contributed by atoms with E-state index in [2.05, 4.69) is 9.97 Å². The van der Waals surface area contributed by atoms with Gasteiger partial charge in [-0.2, -0.15) is 0 Å². The zero-order chi connectivity index (χ0) is 11.4. The van der Waals surface area contributed by atoms with E-state index in [-0.39, 0.29) is 11.4 Å². The molecular weight excluding hydrogens is 216 g/mol. The maximum absolute atomic E-state index is 11.0. The third kappa shape index (κ3) is 3.28. The van der Waals surface area contributed by atoms with Crippen LogP contribution in [0.1, 0.15) is 13.3 Å². The molecule has 7 heteroatoms. The van der Waals surface area contributed by atoms with E-state index in [1.807, 2.05) is 6.92 Å². The summed E-state index contributed by atoms with van der Waals surface area (Å²) < 4.78 is 0. The predicted octanol–water partition coefficient (Wildman–Crippen LogP) is -0.292. The van der Waals surface area contributed by atoms with E-state index in [0.29, 0.717) is 11.6 Å². The Morgan fingerprint density at radius 1 is 1.73 bits per heavy atom. The lowest BCUT2D eigenvalue weighted by Gasteiger charge is -2.08. The molecule has 1 heterocycles. The van der Waals surface area contributed by atoms with E-state index in [1.54, 1.807) is 0 Å². The number of hydrogen-bond acceptors (Lipinski definition) is 5. The Morgan fingerprint density at radius 3 is 2.87 bits per heavy atom. The molecule has 0 bridgehead atoms. The minimum atomic E-state index is -0.437. The number of nitrogens with one attached hydrogen (secondary N) is 1. The van der Waals surface area contributed by atoms with Crippen molar-refractivity contribution in [2.75, 3.05) is 5.73 Å². The number of carbonyl (C=O) groups is 1. The number of amides is 1. The fourth-order valence-corrected chi connectivity index (χ4v) is 1.86. The molecule has 82 valence electrons. The number of nitrogens with two attached hydrogens (primary N) is 2. The van der Waals surface area contributed by atoms with Crippen molar-refractivity contribution in [3.8, 4) is 0 Å². The topological polar surface area (TPSA) is 115 Å². The maximum Gasteiger partial charge on any atom is 0.253 e. The number of thioether (sulfide) groups is 1. The quantitative estimate of drug-likeness (QED) is 0.483. The van der Waals surface area contributed by atoms with Gasteiger partial charge in [0.25, 0.3) is 5.56 Å². The van der Waals surface area contributed by atoms with Crippen molar-refractivity contribution in [2.24, 2.45) is 5.73 Å². The summed E-state index contributed by atoms with van der Waals surface area (Å²) >= 11 is 1.10. The molecule has 1 amide bonds. The number of primary amides is 1. The Hall–Kier alpha value is -1.50. The van der Waals surface area contributed by atoms with Crippen molar-refractivity contribution in [3.05, 3.63) is 16.4 Å². The van der Waals surface area contributed by atoms with Crippen LogP contribution in [0.5, 0.6) is 0 Å². The van der Waals surface area contributed by atoms with E-state index in [4.69, 9.17) is 11.5 Å². The summed E-state index contributed by atoms with van der Waals surface area (Å²) in [4.78, 5) is 28.4. The van der Waals surface area contributed by atoms with Gasteiger partial charge in [-0.05, 0) is 6.42 Å². The number of hydrogen-bond donors (Lipinski definition) is 3. The number of rotatable bonds is 4. The first-order valence-corrected chi connectivity index (χ1v) is 5.23. The average molecular weight is 228 g/mol. The first kappa shape index (κ1) is 11.6. The first-order chi connectivity index (χ1) is 7.02. The highest BCUT2D eigenvalue weighted by Gasteiger charge is 2.15. The third-order valence-electron chi connectivity index (χ3n) is 1.68. The molecule has 0 fully saturated rings. The van der Waals surface area contributed by atoms with Crippen LogP contribution >= 0.6 is 11.8 Å². The van der Waals surface area contributed by atoms with Gasteiger partial charge in [-0.15, -0.1) is 0 Å². The lowest BCUT2D eigenvalue weighted by atomic mass is 10.3. The van der Waals surface area contributed by atoms with Crippen LogP contribution in [0.3, 0.4) is 0 Å². The third-order valence-corrected chi connectivity index (χ3v) is 2.95. The molecule has 15 heavy (non-hydrogen) atoms. The first-order valence-electron chi connectivity index (χ1n) is 4.35.